The normalized spacial score (nSPS) is 13.9. The van der Waals surface area contributed by atoms with Gasteiger partial charge < -0.3 is 10.1 Å². The summed E-state index contributed by atoms with van der Waals surface area (Å²) >= 11 is 0. The van der Waals surface area contributed by atoms with Crippen LogP contribution in [0.4, 0.5) is 5.82 Å². The molecule has 1 fully saturated rings. The Morgan fingerprint density at radius 2 is 2.12 bits per heavy atom. The van der Waals surface area contributed by atoms with Gasteiger partial charge in [0.1, 0.15) is 5.75 Å². The molecular weight excluding hydrogens is 302 g/mol. The highest BCUT2D eigenvalue weighted by molar-refractivity contribution is 5.93. The van der Waals surface area contributed by atoms with E-state index in [0.717, 1.165) is 40.8 Å². The maximum absolute atomic E-state index is 11.9. The predicted octanol–water partition coefficient (Wildman–Crippen LogP) is 3.67. The summed E-state index contributed by atoms with van der Waals surface area (Å²) in [5.41, 5.74) is 4.23. The molecular formula is C19H19N3O2. The molecule has 5 nitrogen and oxygen atoms in total. The lowest BCUT2D eigenvalue weighted by Gasteiger charge is -2.11. The number of methoxy groups -OCH3 is 1. The lowest BCUT2D eigenvalue weighted by atomic mass is 10.00. The van der Waals surface area contributed by atoms with E-state index < -0.39 is 0 Å². The van der Waals surface area contributed by atoms with Crippen LogP contribution in [0.5, 0.6) is 5.75 Å². The molecule has 1 aliphatic rings. The van der Waals surface area contributed by atoms with Crippen molar-refractivity contribution in [2.45, 2.75) is 19.8 Å². The van der Waals surface area contributed by atoms with E-state index in [2.05, 4.69) is 29.5 Å². The van der Waals surface area contributed by atoms with Gasteiger partial charge in [0.25, 0.3) is 0 Å². The molecule has 0 spiro atoms. The van der Waals surface area contributed by atoms with Gasteiger partial charge in [0.05, 0.1) is 12.6 Å². The maximum atomic E-state index is 11.9. The van der Waals surface area contributed by atoms with Crippen molar-refractivity contribution in [1.82, 2.24) is 9.61 Å². The molecule has 2 heterocycles. The van der Waals surface area contributed by atoms with E-state index >= 15 is 0 Å². The fraction of sp³-hybridized carbons (Fsp3) is 0.263. The van der Waals surface area contributed by atoms with Gasteiger partial charge >= 0.3 is 0 Å². The number of benzene rings is 1. The Labute approximate surface area is 140 Å². The predicted molar refractivity (Wildman–Crippen MR) is 93.3 cm³/mol. The van der Waals surface area contributed by atoms with E-state index in [4.69, 9.17) is 4.74 Å². The number of nitrogens with one attached hydrogen (secondary N) is 1. The highest BCUT2D eigenvalue weighted by atomic mass is 16.5. The van der Waals surface area contributed by atoms with E-state index in [0.29, 0.717) is 5.82 Å². The van der Waals surface area contributed by atoms with E-state index in [9.17, 15) is 4.79 Å². The number of pyridine rings is 1. The molecule has 0 aliphatic heterocycles. The average Bonchev–Trinajstić information content (AvgIpc) is 3.35. The zero-order valence-corrected chi connectivity index (χ0v) is 13.7. The zero-order chi connectivity index (χ0) is 16.7. The number of hydrogen-bond acceptors (Lipinski definition) is 3. The topological polar surface area (TPSA) is 55.6 Å². The summed E-state index contributed by atoms with van der Waals surface area (Å²) in [5, 5.41) is 7.31. The SMILES string of the molecule is COc1cccc(C)c1-c1ccn2nc(NC(=O)C3CC3)cc2c1. The van der Waals surface area contributed by atoms with Crippen molar-refractivity contribution < 1.29 is 9.53 Å². The molecule has 4 rings (SSSR count). The number of carbonyl (C=O) groups is 1. The van der Waals surface area contributed by atoms with Crippen molar-refractivity contribution in [3.8, 4) is 16.9 Å². The Hall–Kier alpha value is -2.82. The van der Waals surface area contributed by atoms with E-state index in [1.807, 2.05) is 30.5 Å². The number of rotatable bonds is 4. The summed E-state index contributed by atoms with van der Waals surface area (Å²) < 4.78 is 7.28. The second kappa shape index (κ2) is 5.67. The number of hydrogen-bond donors (Lipinski definition) is 1. The second-order valence-electron chi connectivity index (χ2n) is 6.23. The number of aryl methyl sites for hydroxylation is 1. The summed E-state index contributed by atoms with van der Waals surface area (Å²) in [4.78, 5) is 11.9. The Kier molecular flexibility index (Phi) is 3.49. The van der Waals surface area contributed by atoms with Gasteiger partial charge in [-0.2, -0.15) is 5.10 Å². The third-order valence-electron chi connectivity index (χ3n) is 4.41. The van der Waals surface area contributed by atoms with Crippen LogP contribution in [-0.4, -0.2) is 22.6 Å². The van der Waals surface area contributed by atoms with E-state index in [-0.39, 0.29) is 11.8 Å². The molecule has 3 aromatic rings. The molecule has 2 aromatic heterocycles. The number of anilines is 1. The molecule has 0 atom stereocenters. The summed E-state index contributed by atoms with van der Waals surface area (Å²) in [6, 6.07) is 12.0. The number of aromatic nitrogens is 2. The Morgan fingerprint density at radius 3 is 2.88 bits per heavy atom. The first-order chi connectivity index (χ1) is 11.7. The largest absolute Gasteiger partial charge is 0.496 e. The number of nitrogens with zero attached hydrogens (tertiary/aromatic N) is 2. The van der Waals surface area contributed by atoms with Gasteiger partial charge in [-0.15, -0.1) is 0 Å². The third-order valence-corrected chi connectivity index (χ3v) is 4.41. The highest BCUT2D eigenvalue weighted by Crippen LogP contribution is 2.34. The van der Waals surface area contributed by atoms with Crippen LogP contribution in [0, 0.1) is 12.8 Å². The number of carbonyl (C=O) groups excluding carboxylic acids is 1. The fourth-order valence-electron chi connectivity index (χ4n) is 2.97. The van der Waals surface area contributed by atoms with Gasteiger partial charge in [-0.25, -0.2) is 4.52 Å². The van der Waals surface area contributed by atoms with Crippen LogP contribution in [0.1, 0.15) is 18.4 Å². The molecule has 1 aliphatic carbocycles. The quantitative estimate of drug-likeness (QED) is 0.798. The summed E-state index contributed by atoms with van der Waals surface area (Å²) in [6.45, 7) is 2.07. The van der Waals surface area contributed by atoms with Gasteiger partial charge in [-0.3, -0.25) is 4.79 Å². The van der Waals surface area contributed by atoms with Crippen LogP contribution in [-0.2, 0) is 4.79 Å². The number of fused-ring (bicyclic) bond motifs is 1. The summed E-state index contributed by atoms with van der Waals surface area (Å²) in [5.74, 6) is 1.68. The van der Waals surface area contributed by atoms with Gasteiger partial charge in [-0.1, -0.05) is 12.1 Å². The third kappa shape index (κ3) is 2.62. The molecule has 0 bridgehead atoms. The molecule has 1 saturated carbocycles. The van der Waals surface area contributed by atoms with E-state index in [1.165, 1.54) is 0 Å². The molecule has 0 unspecified atom stereocenters. The van der Waals surface area contributed by atoms with Crippen molar-refractivity contribution in [3.63, 3.8) is 0 Å². The molecule has 1 aromatic carbocycles. The van der Waals surface area contributed by atoms with Crippen LogP contribution in [0.2, 0.25) is 0 Å². The average molecular weight is 321 g/mol. The molecule has 0 saturated heterocycles. The first-order valence-electron chi connectivity index (χ1n) is 8.10. The van der Waals surface area contributed by atoms with Crippen LogP contribution < -0.4 is 10.1 Å². The van der Waals surface area contributed by atoms with Crippen molar-refractivity contribution in [1.29, 1.82) is 0 Å². The van der Waals surface area contributed by atoms with Crippen molar-refractivity contribution >= 4 is 17.2 Å². The first kappa shape index (κ1) is 14.8. The maximum Gasteiger partial charge on any atom is 0.228 e. The Balaban J connectivity index is 1.72. The van der Waals surface area contributed by atoms with Crippen molar-refractivity contribution in [3.05, 3.63) is 48.2 Å². The van der Waals surface area contributed by atoms with Crippen LogP contribution in [0.3, 0.4) is 0 Å². The van der Waals surface area contributed by atoms with E-state index in [1.54, 1.807) is 11.6 Å². The minimum absolute atomic E-state index is 0.0687. The van der Waals surface area contributed by atoms with Crippen LogP contribution >= 0.6 is 0 Å². The number of amides is 1. The van der Waals surface area contributed by atoms with Crippen molar-refractivity contribution in [2.24, 2.45) is 5.92 Å². The minimum Gasteiger partial charge on any atom is -0.496 e. The minimum atomic E-state index is 0.0687. The molecule has 24 heavy (non-hydrogen) atoms. The Bertz CT molecular complexity index is 926. The molecule has 0 radical (unpaired) electrons. The van der Waals surface area contributed by atoms with Gasteiger partial charge in [0, 0.05) is 23.7 Å². The molecule has 122 valence electrons. The van der Waals surface area contributed by atoms with Gasteiger partial charge in [0.15, 0.2) is 5.82 Å². The smallest absolute Gasteiger partial charge is 0.228 e. The number of ether oxygens (including phenoxy) is 1. The summed E-state index contributed by atoms with van der Waals surface area (Å²) in [6.07, 6.45) is 3.87. The molecule has 1 N–H and O–H groups in total. The second-order valence-corrected chi connectivity index (χ2v) is 6.23. The molecule has 1 amide bonds. The Morgan fingerprint density at radius 1 is 1.29 bits per heavy atom. The highest BCUT2D eigenvalue weighted by Gasteiger charge is 2.30. The summed E-state index contributed by atoms with van der Waals surface area (Å²) in [7, 11) is 1.68. The van der Waals surface area contributed by atoms with Gasteiger partial charge in [0.2, 0.25) is 5.91 Å². The van der Waals surface area contributed by atoms with Crippen LogP contribution in [0.25, 0.3) is 16.6 Å². The lowest BCUT2D eigenvalue weighted by Crippen LogP contribution is -2.13. The lowest BCUT2D eigenvalue weighted by molar-refractivity contribution is -0.117. The standard InChI is InChI=1S/C19H19N3O2/c1-12-4-3-5-16(24-2)18(12)14-8-9-22-15(10-14)11-17(21-22)20-19(23)13-6-7-13/h3-5,8-11,13H,6-7H2,1-2H3,(H,20,21,23). The zero-order valence-electron chi connectivity index (χ0n) is 13.7. The first-order valence-corrected chi connectivity index (χ1v) is 8.10. The van der Waals surface area contributed by atoms with Crippen molar-refractivity contribution in [2.75, 3.05) is 12.4 Å². The fourth-order valence-corrected chi connectivity index (χ4v) is 2.97. The monoisotopic (exact) mass is 321 g/mol. The van der Waals surface area contributed by atoms with Crippen LogP contribution in [0.15, 0.2) is 42.6 Å². The molecule has 5 heteroatoms. The van der Waals surface area contributed by atoms with Gasteiger partial charge in [-0.05, 0) is 49.1 Å².